The third kappa shape index (κ3) is 5.72. The predicted molar refractivity (Wildman–Crippen MR) is 170 cm³/mol. The molecule has 0 saturated carbocycles. The molecule has 3 aliphatic heterocycles. The summed E-state index contributed by atoms with van der Waals surface area (Å²) < 4.78 is 0. The Bertz CT molecular complexity index is 1420. The summed E-state index contributed by atoms with van der Waals surface area (Å²) in [6, 6.07) is 9.53. The molecule has 3 aliphatic rings. The molecule has 1 amide bonds. The van der Waals surface area contributed by atoms with Gasteiger partial charge in [-0.1, -0.05) is 25.6 Å². The number of carbonyl (C=O) groups excluding carboxylic acids is 1. The van der Waals surface area contributed by atoms with Crippen LogP contribution in [-0.2, 0) is 11.2 Å². The molecule has 0 unspecified atom stereocenters. The number of carbonyl (C=O) groups is 1. The monoisotopic (exact) mass is 568 g/mol. The number of aromatic nitrogens is 3. The molecule has 0 radical (unpaired) electrons. The highest BCUT2D eigenvalue weighted by Crippen LogP contribution is 2.35. The fourth-order valence-electron chi connectivity index (χ4n) is 6.93. The minimum absolute atomic E-state index is 0.00209. The quantitative estimate of drug-likeness (QED) is 0.447. The van der Waals surface area contributed by atoms with E-state index in [4.69, 9.17) is 15.7 Å². The lowest BCUT2D eigenvalue weighted by Gasteiger charge is -2.42. The number of benzene rings is 1. The first-order valence-corrected chi connectivity index (χ1v) is 15.6. The first kappa shape index (κ1) is 28.6. The number of amides is 1. The Labute approximate surface area is 249 Å². The molecule has 42 heavy (non-hydrogen) atoms. The molecule has 0 bridgehead atoms. The summed E-state index contributed by atoms with van der Waals surface area (Å²) >= 11 is 0. The number of nitrogens with two attached hydrogens (primary N) is 1. The van der Waals surface area contributed by atoms with Crippen molar-refractivity contribution in [2.24, 2.45) is 0 Å². The minimum Gasteiger partial charge on any atom is -0.382 e. The number of anilines is 2. The molecule has 0 atom stereocenters. The summed E-state index contributed by atoms with van der Waals surface area (Å²) in [5, 5.41) is 0. The number of piperidine rings is 2. The molecule has 3 aromatic rings. The van der Waals surface area contributed by atoms with Gasteiger partial charge in [0, 0.05) is 81.8 Å². The third-order valence-corrected chi connectivity index (χ3v) is 9.59. The number of piperazine rings is 1. The van der Waals surface area contributed by atoms with Crippen LogP contribution in [-0.4, -0.2) is 101 Å². The largest absolute Gasteiger partial charge is 0.382 e. The number of aryl methyl sites for hydroxylation is 1. The molecule has 2 aromatic heterocycles. The minimum atomic E-state index is -0.00209. The molecular weight excluding hydrogens is 524 g/mol. The zero-order valence-corrected chi connectivity index (χ0v) is 25.1. The van der Waals surface area contributed by atoms with Crippen LogP contribution in [0.15, 0.2) is 43.1 Å². The van der Waals surface area contributed by atoms with E-state index < -0.39 is 0 Å². The number of likely N-dealkylation sites (tertiary alicyclic amines) is 1. The Hall–Kier alpha value is -3.56. The van der Waals surface area contributed by atoms with Crippen LogP contribution in [0.3, 0.4) is 0 Å². The van der Waals surface area contributed by atoms with E-state index in [2.05, 4.69) is 64.5 Å². The summed E-state index contributed by atoms with van der Waals surface area (Å²) in [5.41, 5.74) is 13.1. The van der Waals surface area contributed by atoms with Gasteiger partial charge >= 0.3 is 0 Å². The molecule has 9 nitrogen and oxygen atoms in total. The first-order chi connectivity index (χ1) is 20.4. The highest BCUT2D eigenvalue weighted by atomic mass is 16.2. The van der Waals surface area contributed by atoms with Crippen molar-refractivity contribution < 1.29 is 4.79 Å². The van der Waals surface area contributed by atoms with Crippen molar-refractivity contribution in [1.29, 1.82) is 0 Å². The van der Waals surface area contributed by atoms with Gasteiger partial charge in [0.2, 0.25) is 5.91 Å². The average Bonchev–Trinajstić information content (AvgIpc) is 3.05. The molecule has 0 spiro atoms. The number of hydrogen-bond acceptors (Lipinski definition) is 8. The van der Waals surface area contributed by atoms with Crippen LogP contribution >= 0.6 is 0 Å². The molecule has 6 rings (SSSR count). The van der Waals surface area contributed by atoms with Crippen LogP contribution in [0.4, 0.5) is 11.5 Å². The van der Waals surface area contributed by atoms with Crippen molar-refractivity contribution in [1.82, 2.24) is 29.7 Å². The van der Waals surface area contributed by atoms with Gasteiger partial charge in [-0.25, -0.2) is 15.0 Å². The first-order valence-electron chi connectivity index (χ1n) is 15.6. The van der Waals surface area contributed by atoms with Crippen LogP contribution in [0.5, 0.6) is 0 Å². The molecule has 3 saturated heterocycles. The van der Waals surface area contributed by atoms with Gasteiger partial charge in [0.15, 0.2) is 5.82 Å². The van der Waals surface area contributed by atoms with Gasteiger partial charge < -0.3 is 20.4 Å². The molecule has 9 heteroatoms. The van der Waals surface area contributed by atoms with Crippen LogP contribution in [0.25, 0.3) is 22.2 Å². The lowest BCUT2D eigenvalue weighted by atomic mass is 9.91. The lowest BCUT2D eigenvalue weighted by molar-refractivity contribution is -0.127. The van der Waals surface area contributed by atoms with E-state index in [1.165, 1.54) is 50.8 Å². The Morgan fingerprint density at radius 1 is 0.952 bits per heavy atom. The molecule has 0 aliphatic carbocycles. The van der Waals surface area contributed by atoms with Crippen molar-refractivity contribution in [3.63, 3.8) is 0 Å². The zero-order valence-electron chi connectivity index (χ0n) is 25.1. The Balaban J connectivity index is 1.21. The van der Waals surface area contributed by atoms with Crippen molar-refractivity contribution in [3.05, 3.63) is 54.5 Å². The maximum absolute atomic E-state index is 12.1. The summed E-state index contributed by atoms with van der Waals surface area (Å²) in [6.07, 6.45) is 8.18. The van der Waals surface area contributed by atoms with E-state index in [0.29, 0.717) is 30.5 Å². The lowest BCUT2D eigenvalue weighted by Crippen LogP contribution is -2.52. The maximum atomic E-state index is 12.1. The second-order valence-corrected chi connectivity index (χ2v) is 12.1. The van der Waals surface area contributed by atoms with Crippen molar-refractivity contribution in [2.75, 3.05) is 70.0 Å². The standard InChI is InChI=1S/C33H44N8O/c1-4-28-30(24-10-14-41(15-11-24)29(42)5-2)37-31-27(22-35-33(34)32(31)36-28)23-6-8-25(9-7-23)39-16-12-26(13-17-39)40-20-18-38(3)19-21-40/h5-9,22,24,26H,2,4,10-21H2,1,3H3,(H2,34,35). The normalized spacial score (nSPS) is 19.9. The van der Waals surface area contributed by atoms with Gasteiger partial charge in [-0.2, -0.15) is 0 Å². The number of rotatable bonds is 6. The van der Waals surface area contributed by atoms with E-state index in [1.807, 2.05) is 11.1 Å². The third-order valence-electron chi connectivity index (χ3n) is 9.59. The van der Waals surface area contributed by atoms with Crippen LogP contribution in [0.1, 0.15) is 49.9 Å². The second kappa shape index (κ2) is 12.4. The number of hydrogen-bond donors (Lipinski definition) is 1. The maximum Gasteiger partial charge on any atom is 0.245 e. The SMILES string of the molecule is C=CC(=O)N1CCC(c2nc3c(-c4ccc(N5CCC(N6CCN(C)CC6)CC5)cc4)cnc(N)c3nc2CC)CC1. The van der Waals surface area contributed by atoms with Crippen LogP contribution < -0.4 is 10.6 Å². The van der Waals surface area contributed by atoms with Gasteiger partial charge in [-0.05, 0) is 62.9 Å². The topological polar surface area (TPSA) is 94.7 Å². The van der Waals surface area contributed by atoms with E-state index in [1.54, 1.807) is 0 Å². The van der Waals surface area contributed by atoms with Crippen molar-refractivity contribution in [2.45, 2.75) is 51.0 Å². The number of likely N-dealkylation sites (N-methyl/N-ethyl adjacent to an activating group) is 1. The number of fused-ring (bicyclic) bond motifs is 1. The average molecular weight is 569 g/mol. The van der Waals surface area contributed by atoms with Crippen molar-refractivity contribution in [3.8, 4) is 11.1 Å². The second-order valence-electron chi connectivity index (χ2n) is 12.1. The highest BCUT2D eigenvalue weighted by Gasteiger charge is 2.28. The summed E-state index contributed by atoms with van der Waals surface area (Å²) in [4.78, 5) is 36.4. The van der Waals surface area contributed by atoms with E-state index in [-0.39, 0.29) is 11.8 Å². The Kier molecular flexibility index (Phi) is 8.40. The number of pyridine rings is 1. The molecule has 3 fully saturated rings. The summed E-state index contributed by atoms with van der Waals surface area (Å²) in [5.74, 6) is 0.663. The predicted octanol–water partition coefficient (Wildman–Crippen LogP) is 3.94. The smallest absolute Gasteiger partial charge is 0.245 e. The van der Waals surface area contributed by atoms with Gasteiger partial charge in [0.1, 0.15) is 11.0 Å². The summed E-state index contributed by atoms with van der Waals surface area (Å²) in [7, 11) is 2.22. The fraction of sp³-hybridized carbons (Fsp3) is 0.515. The number of nitrogen functional groups attached to an aromatic ring is 1. The highest BCUT2D eigenvalue weighted by molar-refractivity contribution is 5.96. The van der Waals surface area contributed by atoms with E-state index >= 15 is 0 Å². The molecule has 2 N–H and O–H groups in total. The fourth-order valence-corrected chi connectivity index (χ4v) is 6.93. The van der Waals surface area contributed by atoms with E-state index in [9.17, 15) is 4.79 Å². The van der Waals surface area contributed by atoms with Gasteiger partial charge in [0.25, 0.3) is 0 Å². The van der Waals surface area contributed by atoms with Crippen LogP contribution in [0, 0.1) is 0 Å². The number of nitrogens with zero attached hydrogens (tertiary/aromatic N) is 7. The van der Waals surface area contributed by atoms with Gasteiger partial charge in [-0.15, -0.1) is 0 Å². The Morgan fingerprint density at radius 2 is 1.64 bits per heavy atom. The molecule has 222 valence electrons. The van der Waals surface area contributed by atoms with E-state index in [0.717, 1.165) is 60.4 Å². The van der Waals surface area contributed by atoms with Gasteiger partial charge in [-0.3, -0.25) is 9.69 Å². The molecule has 1 aromatic carbocycles. The molecular formula is C33H44N8O. The zero-order chi connectivity index (χ0) is 29.2. The summed E-state index contributed by atoms with van der Waals surface area (Å²) in [6.45, 7) is 14.1. The molecule has 5 heterocycles. The van der Waals surface area contributed by atoms with Crippen LogP contribution in [0.2, 0.25) is 0 Å². The Morgan fingerprint density at radius 3 is 2.29 bits per heavy atom. The van der Waals surface area contributed by atoms with Crippen molar-refractivity contribution >= 4 is 28.4 Å². The van der Waals surface area contributed by atoms with Gasteiger partial charge in [0.05, 0.1) is 11.4 Å².